The van der Waals surface area contributed by atoms with Crippen LogP contribution in [0, 0.1) is 0 Å². The van der Waals surface area contributed by atoms with Crippen LogP contribution >= 0.6 is 23.1 Å². The van der Waals surface area contributed by atoms with Crippen LogP contribution in [0.2, 0.25) is 0 Å². The molecule has 7 heteroatoms. The predicted octanol–water partition coefficient (Wildman–Crippen LogP) is 4.72. The lowest BCUT2D eigenvalue weighted by Gasteiger charge is -2.13. The fraction of sp³-hybridized carbons (Fsp3) is 0.211. The van der Waals surface area contributed by atoms with Crippen LogP contribution in [0.25, 0.3) is 10.6 Å². The molecule has 1 unspecified atom stereocenters. The number of nitrogens with one attached hydrogen (secondary N) is 1. The van der Waals surface area contributed by atoms with Crippen LogP contribution in [0.4, 0.5) is 5.13 Å². The number of para-hydroxylation sites is 1. The zero-order valence-corrected chi connectivity index (χ0v) is 16.1. The van der Waals surface area contributed by atoms with Gasteiger partial charge in [0.1, 0.15) is 5.75 Å². The molecule has 0 saturated carbocycles. The van der Waals surface area contributed by atoms with Crippen LogP contribution in [-0.2, 0) is 4.79 Å². The Morgan fingerprint density at radius 3 is 2.62 bits per heavy atom. The molecule has 0 saturated heterocycles. The number of benzene rings is 2. The molecule has 3 rings (SSSR count). The normalized spacial score (nSPS) is 11.8. The summed E-state index contributed by atoms with van der Waals surface area (Å²) in [6, 6.07) is 17.5. The molecule has 0 radical (unpaired) electrons. The molecule has 5 nitrogen and oxygen atoms in total. The number of hydrogen-bond donors (Lipinski definition) is 1. The Bertz CT molecular complexity index is 868. The number of thioether (sulfide) groups is 1. The third-order valence-corrected chi connectivity index (χ3v) is 5.93. The van der Waals surface area contributed by atoms with Crippen LogP contribution < -0.4 is 10.1 Å². The number of carbonyl (C=O) groups excluding carboxylic acids is 1. The van der Waals surface area contributed by atoms with Gasteiger partial charge in [-0.15, -0.1) is 22.0 Å². The highest BCUT2D eigenvalue weighted by atomic mass is 32.2. The van der Waals surface area contributed by atoms with Crippen molar-refractivity contribution in [2.75, 3.05) is 12.4 Å². The molecule has 3 aromatic rings. The molecule has 0 fully saturated rings. The minimum absolute atomic E-state index is 0.0657. The first-order chi connectivity index (χ1) is 12.7. The lowest BCUT2D eigenvalue weighted by atomic mass is 10.2. The van der Waals surface area contributed by atoms with Crippen LogP contribution in [0.3, 0.4) is 0 Å². The minimum Gasteiger partial charge on any atom is -0.496 e. The number of carbonyl (C=O) groups is 1. The van der Waals surface area contributed by atoms with E-state index in [2.05, 4.69) is 15.5 Å². The molecule has 26 heavy (non-hydrogen) atoms. The van der Waals surface area contributed by atoms with Crippen molar-refractivity contribution in [2.45, 2.75) is 23.5 Å². The van der Waals surface area contributed by atoms with Crippen molar-refractivity contribution in [1.29, 1.82) is 0 Å². The van der Waals surface area contributed by atoms with Crippen molar-refractivity contribution in [3.8, 4) is 16.3 Å². The Morgan fingerprint density at radius 2 is 1.88 bits per heavy atom. The molecule has 1 N–H and O–H groups in total. The van der Waals surface area contributed by atoms with Gasteiger partial charge >= 0.3 is 0 Å². The van der Waals surface area contributed by atoms with E-state index in [0.717, 1.165) is 22.6 Å². The van der Waals surface area contributed by atoms with E-state index in [1.54, 1.807) is 18.9 Å². The highest BCUT2D eigenvalue weighted by Crippen LogP contribution is 2.33. The fourth-order valence-electron chi connectivity index (χ4n) is 2.38. The first-order valence-corrected chi connectivity index (χ1v) is 9.90. The molecule has 1 heterocycles. The van der Waals surface area contributed by atoms with E-state index < -0.39 is 0 Å². The second-order valence-corrected chi connectivity index (χ2v) is 7.68. The molecular formula is C19H19N3O2S2. The van der Waals surface area contributed by atoms with E-state index >= 15 is 0 Å². The lowest BCUT2D eigenvalue weighted by molar-refractivity contribution is -0.115. The second kappa shape index (κ2) is 8.82. The van der Waals surface area contributed by atoms with Crippen LogP contribution in [0.1, 0.15) is 13.3 Å². The number of ether oxygens (including phenoxy) is 1. The van der Waals surface area contributed by atoms with E-state index in [-0.39, 0.29) is 11.2 Å². The van der Waals surface area contributed by atoms with E-state index in [1.165, 1.54) is 11.3 Å². The van der Waals surface area contributed by atoms with Crippen LogP contribution in [0.15, 0.2) is 59.5 Å². The second-order valence-electron chi connectivity index (χ2n) is 5.43. The standard InChI is InChI=1S/C19H19N3O2S2/c1-3-16(25-13-9-5-4-6-10-13)17(23)20-19-22-21-18(26-19)14-11-7-8-12-15(14)24-2/h4-12,16H,3H2,1-2H3,(H,20,22,23). The quantitative estimate of drug-likeness (QED) is 0.596. The monoisotopic (exact) mass is 385 g/mol. The van der Waals surface area contributed by atoms with Gasteiger partial charge in [-0.25, -0.2) is 0 Å². The predicted molar refractivity (Wildman–Crippen MR) is 107 cm³/mol. The average Bonchev–Trinajstić information content (AvgIpc) is 3.15. The molecule has 1 aromatic heterocycles. The van der Waals surface area contributed by atoms with E-state index in [0.29, 0.717) is 10.1 Å². The van der Waals surface area contributed by atoms with Crippen molar-refractivity contribution < 1.29 is 9.53 Å². The number of hydrogen-bond acceptors (Lipinski definition) is 6. The summed E-state index contributed by atoms with van der Waals surface area (Å²) in [5.41, 5.74) is 0.860. The summed E-state index contributed by atoms with van der Waals surface area (Å²) in [7, 11) is 1.62. The van der Waals surface area contributed by atoms with Gasteiger partial charge in [0.15, 0.2) is 5.01 Å². The van der Waals surface area contributed by atoms with Crippen molar-refractivity contribution in [3.63, 3.8) is 0 Å². The van der Waals surface area contributed by atoms with Gasteiger partial charge in [-0.2, -0.15) is 0 Å². The molecule has 134 valence electrons. The van der Waals surface area contributed by atoms with E-state index in [4.69, 9.17) is 4.74 Å². The molecule has 0 aliphatic rings. The van der Waals surface area contributed by atoms with Gasteiger partial charge < -0.3 is 4.74 Å². The van der Waals surface area contributed by atoms with Gasteiger partial charge in [0, 0.05) is 4.90 Å². The Morgan fingerprint density at radius 1 is 1.15 bits per heavy atom. The summed E-state index contributed by atoms with van der Waals surface area (Å²) < 4.78 is 5.36. The molecule has 2 aromatic carbocycles. The number of amides is 1. The summed E-state index contributed by atoms with van der Waals surface area (Å²) in [5.74, 6) is 0.664. The molecular weight excluding hydrogens is 366 g/mol. The molecule has 0 bridgehead atoms. The van der Waals surface area contributed by atoms with Crippen molar-refractivity contribution in [1.82, 2.24) is 10.2 Å². The van der Waals surface area contributed by atoms with Crippen LogP contribution in [0.5, 0.6) is 5.75 Å². The number of rotatable bonds is 7. The molecule has 1 atom stereocenters. The number of anilines is 1. The summed E-state index contributed by atoms with van der Waals surface area (Å²) in [4.78, 5) is 13.7. The Labute approximate surface area is 160 Å². The molecule has 1 amide bonds. The number of aromatic nitrogens is 2. The Kier molecular flexibility index (Phi) is 6.25. The van der Waals surface area contributed by atoms with E-state index in [9.17, 15) is 4.79 Å². The highest BCUT2D eigenvalue weighted by molar-refractivity contribution is 8.00. The average molecular weight is 386 g/mol. The fourth-order valence-corrected chi connectivity index (χ4v) is 4.13. The topological polar surface area (TPSA) is 64.1 Å². The first-order valence-electron chi connectivity index (χ1n) is 8.20. The summed E-state index contributed by atoms with van der Waals surface area (Å²) in [5, 5.41) is 12.2. The van der Waals surface area contributed by atoms with Gasteiger partial charge in [0.2, 0.25) is 11.0 Å². The molecule has 0 spiro atoms. The van der Waals surface area contributed by atoms with Crippen molar-refractivity contribution in [3.05, 3.63) is 54.6 Å². The third kappa shape index (κ3) is 4.42. The molecule has 0 aliphatic heterocycles. The highest BCUT2D eigenvalue weighted by Gasteiger charge is 2.20. The zero-order chi connectivity index (χ0) is 18.4. The first kappa shape index (κ1) is 18.4. The smallest absolute Gasteiger partial charge is 0.239 e. The van der Waals surface area contributed by atoms with E-state index in [1.807, 2.05) is 61.5 Å². The van der Waals surface area contributed by atoms with Crippen molar-refractivity contribution >= 4 is 34.1 Å². The van der Waals surface area contributed by atoms with Gasteiger partial charge in [-0.3, -0.25) is 10.1 Å². The maximum atomic E-state index is 12.6. The van der Waals surface area contributed by atoms with Gasteiger partial charge in [-0.05, 0) is 30.7 Å². The zero-order valence-electron chi connectivity index (χ0n) is 14.5. The van der Waals surface area contributed by atoms with Crippen molar-refractivity contribution in [2.24, 2.45) is 0 Å². The summed E-state index contributed by atoms with van der Waals surface area (Å²) >= 11 is 2.88. The number of nitrogens with zero attached hydrogens (tertiary/aromatic N) is 2. The Balaban J connectivity index is 1.70. The summed E-state index contributed by atoms with van der Waals surface area (Å²) in [6.07, 6.45) is 0.726. The molecule has 0 aliphatic carbocycles. The lowest BCUT2D eigenvalue weighted by Crippen LogP contribution is -2.24. The summed E-state index contributed by atoms with van der Waals surface area (Å²) in [6.45, 7) is 2.00. The minimum atomic E-state index is -0.184. The largest absolute Gasteiger partial charge is 0.496 e. The maximum Gasteiger partial charge on any atom is 0.239 e. The SMILES string of the molecule is CCC(Sc1ccccc1)C(=O)Nc1nnc(-c2ccccc2OC)s1. The Hall–Kier alpha value is -2.38. The van der Waals surface area contributed by atoms with Gasteiger partial charge in [0.05, 0.1) is 17.9 Å². The van der Waals surface area contributed by atoms with Gasteiger partial charge in [-0.1, -0.05) is 48.6 Å². The maximum absolute atomic E-state index is 12.6. The number of methoxy groups -OCH3 is 1. The van der Waals surface area contributed by atoms with Crippen LogP contribution in [-0.4, -0.2) is 28.5 Å². The third-order valence-electron chi connectivity index (χ3n) is 3.68. The van der Waals surface area contributed by atoms with Gasteiger partial charge in [0.25, 0.3) is 0 Å².